The summed E-state index contributed by atoms with van der Waals surface area (Å²) >= 11 is 0. The molecule has 28 heavy (non-hydrogen) atoms. The van der Waals surface area contributed by atoms with Gasteiger partial charge in [-0.3, -0.25) is 9.59 Å². The first-order valence-corrected chi connectivity index (χ1v) is 10.8. The van der Waals surface area contributed by atoms with Gasteiger partial charge in [0.15, 0.2) is 6.04 Å². The number of carbonyl (C=O) groups is 3. The molecule has 0 spiro atoms. The minimum Gasteiger partial charge on any atom is -0.467 e. The van der Waals surface area contributed by atoms with Crippen LogP contribution in [0.1, 0.15) is 70.6 Å². The summed E-state index contributed by atoms with van der Waals surface area (Å²) in [5, 5.41) is 13.4. The quantitative estimate of drug-likeness (QED) is 0.693. The third-order valence-corrected chi connectivity index (χ3v) is 6.72. The molecule has 2 amide bonds. The first-order chi connectivity index (χ1) is 13.5. The molecule has 158 valence electrons. The Labute approximate surface area is 167 Å². The average Bonchev–Trinajstić information content (AvgIpc) is 3.20. The Bertz CT molecular complexity index is 567. The van der Waals surface area contributed by atoms with Crippen LogP contribution >= 0.6 is 0 Å². The normalized spacial score (nSPS) is 31.4. The van der Waals surface area contributed by atoms with E-state index in [9.17, 15) is 19.5 Å². The highest BCUT2D eigenvalue weighted by Gasteiger charge is 2.42. The Morgan fingerprint density at radius 3 is 2.32 bits per heavy atom. The SMILES string of the molecule is COC(=O)[C@H]1[C@H](O)CCCN1C(=O)C1CCC(NC(=O)CC2CCCC2)CC1. The van der Waals surface area contributed by atoms with Gasteiger partial charge in [0, 0.05) is 24.9 Å². The van der Waals surface area contributed by atoms with Crippen molar-refractivity contribution in [3.8, 4) is 0 Å². The molecule has 0 aromatic carbocycles. The molecule has 2 N–H and O–H groups in total. The van der Waals surface area contributed by atoms with Gasteiger partial charge in [-0.15, -0.1) is 0 Å². The van der Waals surface area contributed by atoms with Crippen LogP contribution < -0.4 is 5.32 Å². The highest BCUT2D eigenvalue weighted by Crippen LogP contribution is 2.30. The standard InChI is InChI=1S/C21H34N2O5/c1-28-21(27)19-17(24)7-4-12-23(19)20(26)15-8-10-16(11-9-15)22-18(25)13-14-5-2-3-6-14/h14-17,19,24H,2-13H2,1H3,(H,22,25)/t15?,16?,17-,19-/m1/s1. The summed E-state index contributed by atoms with van der Waals surface area (Å²) in [7, 11) is 1.28. The fourth-order valence-electron chi connectivity index (χ4n) is 5.11. The number of amides is 2. The van der Waals surface area contributed by atoms with Crippen molar-refractivity contribution in [3.05, 3.63) is 0 Å². The Morgan fingerprint density at radius 2 is 1.68 bits per heavy atom. The molecule has 7 nitrogen and oxygen atoms in total. The molecule has 2 aliphatic carbocycles. The maximum atomic E-state index is 13.0. The number of ether oxygens (including phenoxy) is 1. The second kappa shape index (κ2) is 9.72. The second-order valence-electron chi connectivity index (χ2n) is 8.68. The molecule has 3 rings (SSSR count). The molecule has 2 atom stereocenters. The molecule has 3 fully saturated rings. The van der Waals surface area contributed by atoms with Crippen LogP contribution in [0.25, 0.3) is 0 Å². The Kier molecular flexibility index (Phi) is 7.32. The average molecular weight is 395 g/mol. The Morgan fingerprint density at radius 1 is 1.00 bits per heavy atom. The van der Waals surface area contributed by atoms with E-state index in [0.717, 1.165) is 25.7 Å². The number of carbonyl (C=O) groups excluding carboxylic acids is 3. The summed E-state index contributed by atoms with van der Waals surface area (Å²) < 4.78 is 4.80. The molecular formula is C21H34N2O5. The number of nitrogens with one attached hydrogen (secondary N) is 1. The summed E-state index contributed by atoms with van der Waals surface area (Å²) in [6.45, 7) is 0.480. The molecule has 7 heteroatoms. The number of piperidine rings is 1. The van der Waals surface area contributed by atoms with Crippen LogP contribution in [-0.4, -0.2) is 59.6 Å². The minimum absolute atomic E-state index is 0.0649. The van der Waals surface area contributed by atoms with Crippen molar-refractivity contribution in [2.45, 2.75) is 88.8 Å². The number of hydrogen-bond acceptors (Lipinski definition) is 5. The van der Waals surface area contributed by atoms with E-state index in [1.807, 2.05) is 0 Å². The molecule has 1 aliphatic heterocycles. The van der Waals surface area contributed by atoms with E-state index in [2.05, 4.69) is 5.32 Å². The zero-order valence-electron chi connectivity index (χ0n) is 16.9. The van der Waals surface area contributed by atoms with Crippen LogP contribution in [0.2, 0.25) is 0 Å². The summed E-state index contributed by atoms with van der Waals surface area (Å²) in [6, 6.07) is -0.753. The number of esters is 1. The molecule has 0 radical (unpaired) electrons. The summed E-state index contributed by atoms with van der Waals surface area (Å²) in [5.41, 5.74) is 0. The number of aliphatic hydroxyl groups is 1. The smallest absolute Gasteiger partial charge is 0.331 e. The maximum absolute atomic E-state index is 13.0. The molecule has 2 saturated carbocycles. The van der Waals surface area contributed by atoms with Gasteiger partial charge in [0.1, 0.15) is 0 Å². The van der Waals surface area contributed by atoms with Gasteiger partial charge in [0.2, 0.25) is 11.8 Å². The monoisotopic (exact) mass is 394 g/mol. The molecular weight excluding hydrogens is 360 g/mol. The largest absolute Gasteiger partial charge is 0.467 e. The molecule has 1 heterocycles. The lowest BCUT2D eigenvalue weighted by molar-refractivity contribution is -0.163. The van der Waals surface area contributed by atoms with Crippen molar-refractivity contribution < 1.29 is 24.2 Å². The van der Waals surface area contributed by atoms with Gasteiger partial charge in [0.25, 0.3) is 0 Å². The van der Waals surface area contributed by atoms with Crippen molar-refractivity contribution in [3.63, 3.8) is 0 Å². The van der Waals surface area contributed by atoms with Gasteiger partial charge in [0.05, 0.1) is 13.2 Å². The number of hydrogen-bond donors (Lipinski definition) is 2. The number of rotatable bonds is 5. The van der Waals surface area contributed by atoms with Crippen molar-refractivity contribution in [1.29, 1.82) is 0 Å². The van der Waals surface area contributed by atoms with Gasteiger partial charge in [-0.2, -0.15) is 0 Å². The molecule has 0 aromatic heterocycles. The predicted molar refractivity (Wildman–Crippen MR) is 103 cm³/mol. The van der Waals surface area contributed by atoms with Crippen LogP contribution in [0.3, 0.4) is 0 Å². The van der Waals surface area contributed by atoms with E-state index in [-0.39, 0.29) is 23.8 Å². The van der Waals surface area contributed by atoms with Crippen LogP contribution in [0.15, 0.2) is 0 Å². The van der Waals surface area contributed by atoms with Crippen LogP contribution in [0.5, 0.6) is 0 Å². The summed E-state index contributed by atoms with van der Waals surface area (Å²) in [4.78, 5) is 38.8. The topological polar surface area (TPSA) is 95.9 Å². The third-order valence-electron chi connectivity index (χ3n) is 6.72. The van der Waals surface area contributed by atoms with Gasteiger partial charge >= 0.3 is 5.97 Å². The predicted octanol–water partition coefficient (Wildman–Crippen LogP) is 1.77. The molecule has 0 bridgehead atoms. The third kappa shape index (κ3) is 5.04. The minimum atomic E-state index is -0.893. The second-order valence-corrected chi connectivity index (χ2v) is 8.68. The lowest BCUT2D eigenvalue weighted by Crippen LogP contribution is -2.57. The Hall–Kier alpha value is -1.63. The highest BCUT2D eigenvalue weighted by molar-refractivity contribution is 5.86. The van der Waals surface area contributed by atoms with Gasteiger partial charge < -0.3 is 20.1 Å². The van der Waals surface area contributed by atoms with Gasteiger partial charge in [-0.25, -0.2) is 4.79 Å². The van der Waals surface area contributed by atoms with E-state index >= 15 is 0 Å². The lowest BCUT2D eigenvalue weighted by atomic mass is 9.84. The van der Waals surface area contributed by atoms with Crippen molar-refractivity contribution in [2.75, 3.05) is 13.7 Å². The van der Waals surface area contributed by atoms with Crippen molar-refractivity contribution in [1.82, 2.24) is 10.2 Å². The number of aliphatic hydroxyl groups excluding tert-OH is 1. The summed E-state index contributed by atoms with van der Waals surface area (Å²) in [6.07, 6.45) is 8.74. The fourth-order valence-corrected chi connectivity index (χ4v) is 5.11. The van der Waals surface area contributed by atoms with Crippen LogP contribution in [0, 0.1) is 11.8 Å². The molecule has 1 saturated heterocycles. The Balaban J connectivity index is 1.48. The van der Waals surface area contributed by atoms with E-state index in [4.69, 9.17) is 4.74 Å². The maximum Gasteiger partial charge on any atom is 0.331 e. The fraction of sp³-hybridized carbons (Fsp3) is 0.857. The number of methoxy groups -OCH3 is 1. The van der Waals surface area contributed by atoms with Crippen LogP contribution in [0.4, 0.5) is 0 Å². The van der Waals surface area contributed by atoms with Gasteiger partial charge in [-0.1, -0.05) is 12.8 Å². The van der Waals surface area contributed by atoms with Crippen molar-refractivity contribution in [2.24, 2.45) is 11.8 Å². The van der Waals surface area contributed by atoms with Gasteiger partial charge in [-0.05, 0) is 57.3 Å². The zero-order chi connectivity index (χ0) is 20.1. The van der Waals surface area contributed by atoms with Crippen LogP contribution in [-0.2, 0) is 19.1 Å². The first kappa shape index (κ1) is 21.1. The van der Waals surface area contributed by atoms with Crippen molar-refractivity contribution >= 4 is 17.8 Å². The molecule has 0 aromatic rings. The highest BCUT2D eigenvalue weighted by atomic mass is 16.5. The van der Waals surface area contributed by atoms with E-state index in [1.165, 1.54) is 24.9 Å². The van der Waals surface area contributed by atoms with E-state index < -0.39 is 18.1 Å². The number of nitrogens with zero attached hydrogens (tertiary/aromatic N) is 1. The molecule has 0 unspecified atom stereocenters. The molecule has 3 aliphatic rings. The zero-order valence-corrected chi connectivity index (χ0v) is 16.9. The van der Waals surface area contributed by atoms with E-state index in [1.54, 1.807) is 0 Å². The first-order valence-electron chi connectivity index (χ1n) is 10.8. The van der Waals surface area contributed by atoms with E-state index in [0.29, 0.717) is 44.6 Å². The number of likely N-dealkylation sites (tertiary alicyclic amines) is 1. The summed E-state index contributed by atoms with van der Waals surface area (Å²) in [5.74, 6) is -0.0796. The lowest BCUT2D eigenvalue weighted by Gasteiger charge is -2.40.